The van der Waals surface area contributed by atoms with E-state index >= 15 is 0 Å². The first kappa shape index (κ1) is 16.0. The van der Waals surface area contributed by atoms with E-state index in [-0.39, 0.29) is 18.7 Å². The second kappa shape index (κ2) is 8.19. The van der Waals surface area contributed by atoms with Crippen LogP contribution in [0.5, 0.6) is 0 Å². The van der Waals surface area contributed by atoms with Crippen LogP contribution >= 0.6 is 0 Å². The Bertz CT molecular complexity index is 583. The van der Waals surface area contributed by atoms with Gasteiger partial charge in [0.2, 0.25) is 0 Å². The highest BCUT2D eigenvalue weighted by atomic mass is 16.3. The van der Waals surface area contributed by atoms with E-state index in [0.717, 1.165) is 17.5 Å². The average Bonchev–Trinajstić information content (AvgIpc) is 2.93. The van der Waals surface area contributed by atoms with Crippen molar-refractivity contribution in [2.45, 2.75) is 18.9 Å². The van der Waals surface area contributed by atoms with Crippen molar-refractivity contribution in [1.82, 2.24) is 20.4 Å². The molecule has 2 rings (SSSR count). The van der Waals surface area contributed by atoms with Crippen LogP contribution in [-0.4, -0.2) is 40.1 Å². The summed E-state index contributed by atoms with van der Waals surface area (Å²) in [4.78, 5) is 11.8. The molecule has 6 nitrogen and oxygen atoms in total. The fraction of sp³-hybridized carbons (Fsp3) is 0.375. The minimum atomic E-state index is -0.291. The highest BCUT2D eigenvalue weighted by molar-refractivity contribution is 5.74. The smallest absolute Gasteiger partial charge is 0.315 e. The SMILES string of the molecule is Cn1cc(CCNC(=O)NC(CO)Cc2ccccc2)cn1. The van der Waals surface area contributed by atoms with E-state index < -0.39 is 0 Å². The van der Waals surface area contributed by atoms with Gasteiger partial charge in [-0.2, -0.15) is 5.10 Å². The van der Waals surface area contributed by atoms with Crippen LogP contribution in [0.4, 0.5) is 4.79 Å². The van der Waals surface area contributed by atoms with Crippen molar-refractivity contribution in [3.63, 3.8) is 0 Å². The Balaban J connectivity index is 1.72. The van der Waals surface area contributed by atoms with Crippen molar-refractivity contribution in [2.24, 2.45) is 7.05 Å². The fourth-order valence-corrected chi connectivity index (χ4v) is 2.22. The Kier molecular flexibility index (Phi) is 5.97. The van der Waals surface area contributed by atoms with Crippen LogP contribution in [0.3, 0.4) is 0 Å². The van der Waals surface area contributed by atoms with E-state index in [0.29, 0.717) is 13.0 Å². The topological polar surface area (TPSA) is 79.2 Å². The molecule has 118 valence electrons. The maximum atomic E-state index is 11.8. The molecule has 2 amide bonds. The van der Waals surface area contributed by atoms with Gasteiger partial charge in [-0.15, -0.1) is 0 Å². The maximum Gasteiger partial charge on any atom is 0.315 e. The van der Waals surface area contributed by atoms with Crippen molar-refractivity contribution in [1.29, 1.82) is 0 Å². The molecule has 0 fully saturated rings. The van der Waals surface area contributed by atoms with Gasteiger partial charge in [-0.25, -0.2) is 4.79 Å². The van der Waals surface area contributed by atoms with Crippen LogP contribution in [0, 0.1) is 0 Å². The first-order chi connectivity index (χ1) is 10.7. The van der Waals surface area contributed by atoms with Gasteiger partial charge in [0, 0.05) is 19.8 Å². The van der Waals surface area contributed by atoms with E-state index in [9.17, 15) is 9.90 Å². The number of aliphatic hydroxyl groups excluding tert-OH is 1. The van der Waals surface area contributed by atoms with Gasteiger partial charge in [0.15, 0.2) is 0 Å². The number of amides is 2. The second-order valence-corrected chi connectivity index (χ2v) is 5.24. The average molecular weight is 302 g/mol. The van der Waals surface area contributed by atoms with Crippen LogP contribution in [0.15, 0.2) is 42.7 Å². The van der Waals surface area contributed by atoms with Crippen LogP contribution in [0.2, 0.25) is 0 Å². The minimum Gasteiger partial charge on any atom is -0.394 e. The Morgan fingerprint density at radius 2 is 2.09 bits per heavy atom. The zero-order chi connectivity index (χ0) is 15.8. The molecule has 6 heteroatoms. The molecule has 0 aliphatic heterocycles. The van der Waals surface area contributed by atoms with Gasteiger partial charge in [-0.05, 0) is 24.0 Å². The predicted molar refractivity (Wildman–Crippen MR) is 84.5 cm³/mol. The molecule has 0 aliphatic rings. The summed E-state index contributed by atoms with van der Waals surface area (Å²) < 4.78 is 1.73. The second-order valence-electron chi connectivity index (χ2n) is 5.24. The van der Waals surface area contributed by atoms with E-state index in [1.165, 1.54) is 0 Å². The number of aromatic nitrogens is 2. The highest BCUT2D eigenvalue weighted by Crippen LogP contribution is 2.03. The largest absolute Gasteiger partial charge is 0.394 e. The van der Waals surface area contributed by atoms with E-state index in [1.54, 1.807) is 10.9 Å². The normalized spacial score (nSPS) is 11.9. The monoisotopic (exact) mass is 302 g/mol. The molecule has 0 bridgehead atoms. The number of hydrogen-bond donors (Lipinski definition) is 3. The van der Waals surface area contributed by atoms with Gasteiger partial charge in [-0.3, -0.25) is 4.68 Å². The first-order valence-electron chi connectivity index (χ1n) is 7.34. The molecule has 0 saturated carbocycles. The molecule has 1 heterocycles. The quantitative estimate of drug-likeness (QED) is 0.710. The summed E-state index contributed by atoms with van der Waals surface area (Å²) in [6.45, 7) is 0.436. The summed E-state index contributed by atoms with van der Waals surface area (Å²) in [5, 5.41) is 19.0. The summed E-state index contributed by atoms with van der Waals surface area (Å²) >= 11 is 0. The molecule has 1 unspecified atom stereocenters. The predicted octanol–water partition coefficient (Wildman–Crippen LogP) is 0.865. The van der Waals surface area contributed by atoms with Crippen LogP contribution in [0.1, 0.15) is 11.1 Å². The number of rotatable bonds is 7. The zero-order valence-corrected chi connectivity index (χ0v) is 12.7. The molecule has 0 spiro atoms. The lowest BCUT2D eigenvalue weighted by Gasteiger charge is -2.16. The van der Waals surface area contributed by atoms with Crippen molar-refractivity contribution in [3.8, 4) is 0 Å². The molecular formula is C16H22N4O2. The molecule has 2 aromatic rings. The van der Waals surface area contributed by atoms with Crippen molar-refractivity contribution in [2.75, 3.05) is 13.2 Å². The van der Waals surface area contributed by atoms with E-state index in [2.05, 4.69) is 15.7 Å². The van der Waals surface area contributed by atoms with Crippen molar-refractivity contribution < 1.29 is 9.90 Å². The van der Waals surface area contributed by atoms with Gasteiger partial charge < -0.3 is 15.7 Å². The zero-order valence-electron chi connectivity index (χ0n) is 12.7. The van der Waals surface area contributed by atoms with E-state index in [4.69, 9.17) is 0 Å². The van der Waals surface area contributed by atoms with Gasteiger partial charge >= 0.3 is 6.03 Å². The molecular weight excluding hydrogens is 280 g/mol. The van der Waals surface area contributed by atoms with Crippen LogP contribution < -0.4 is 10.6 Å². The lowest BCUT2D eigenvalue weighted by atomic mass is 10.1. The molecule has 0 radical (unpaired) electrons. The third-order valence-electron chi connectivity index (χ3n) is 3.34. The molecule has 1 aromatic carbocycles. The van der Waals surface area contributed by atoms with Gasteiger partial charge in [0.25, 0.3) is 0 Å². The number of nitrogens with zero attached hydrogens (tertiary/aromatic N) is 2. The Morgan fingerprint density at radius 1 is 1.32 bits per heavy atom. The summed E-state index contributed by atoms with van der Waals surface area (Å²) in [5.74, 6) is 0. The Morgan fingerprint density at radius 3 is 2.73 bits per heavy atom. The number of urea groups is 1. The lowest BCUT2D eigenvalue weighted by Crippen LogP contribution is -2.45. The van der Waals surface area contributed by atoms with Crippen molar-refractivity contribution in [3.05, 3.63) is 53.9 Å². The van der Waals surface area contributed by atoms with E-state index in [1.807, 2.05) is 43.6 Å². The number of nitrogens with one attached hydrogen (secondary N) is 2. The molecule has 1 atom stereocenters. The van der Waals surface area contributed by atoms with Gasteiger partial charge in [0.05, 0.1) is 18.8 Å². The van der Waals surface area contributed by atoms with Gasteiger partial charge in [-0.1, -0.05) is 30.3 Å². The molecule has 3 N–H and O–H groups in total. The molecule has 0 aliphatic carbocycles. The molecule has 1 aromatic heterocycles. The number of carbonyl (C=O) groups excluding carboxylic acids is 1. The number of aryl methyl sites for hydroxylation is 1. The summed E-state index contributed by atoms with van der Waals surface area (Å²) in [7, 11) is 1.86. The Labute approximate surface area is 130 Å². The van der Waals surface area contributed by atoms with Crippen molar-refractivity contribution >= 4 is 6.03 Å². The third kappa shape index (κ3) is 5.21. The van der Waals surface area contributed by atoms with Gasteiger partial charge in [0.1, 0.15) is 0 Å². The first-order valence-corrected chi connectivity index (χ1v) is 7.34. The third-order valence-corrected chi connectivity index (χ3v) is 3.34. The molecule has 22 heavy (non-hydrogen) atoms. The summed E-state index contributed by atoms with van der Waals surface area (Å²) in [5.41, 5.74) is 2.16. The number of benzene rings is 1. The molecule has 0 saturated heterocycles. The fourth-order valence-electron chi connectivity index (χ4n) is 2.22. The number of hydrogen-bond acceptors (Lipinski definition) is 3. The standard InChI is InChI=1S/C16H22N4O2/c1-20-11-14(10-18-20)7-8-17-16(22)19-15(12-21)9-13-5-3-2-4-6-13/h2-6,10-11,15,21H,7-9,12H2,1H3,(H2,17,19,22). The maximum absolute atomic E-state index is 11.8. The number of aliphatic hydroxyl groups is 1. The summed E-state index contributed by atoms with van der Waals surface area (Å²) in [6.07, 6.45) is 5.04. The Hall–Kier alpha value is -2.34. The van der Waals surface area contributed by atoms with Crippen LogP contribution in [-0.2, 0) is 19.9 Å². The summed E-state index contributed by atoms with van der Waals surface area (Å²) in [6, 6.07) is 9.22. The highest BCUT2D eigenvalue weighted by Gasteiger charge is 2.11. The lowest BCUT2D eigenvalue weighted by molar-refractivity contribution is 0.216. The number of carbonyl (C=O) groups is 1. The van der Waals surface area contributed by atoms with Crippen LogP contribution in [0.25, 0.3) is 0 Å². The minimum absolute atomic E-state index is 0.0923.